The number of hydrogen-bond acceptors (Lipinski definition) is 4. The second-order valence-electron chi connectivity index (χ2n) is 10.9. The number of hydrogen-bond donors (Lipinski definition) is 1. The average molecular weight is 649 g/mol. The summed E-state index contributed by atoms with van der Waals surface area (Å²) >= 11 is 12.4. The largest absolute Gasteiger partial charge is 0.352 e. The molecule has 1 saturated carbocycles. The summed E-state index contributed by atoms with van der Waals surface area (Å²) in [5.74, 6) is -0.964. The van der Waals surface area contributed by atoms with Crippen molar-refractivity contribution >= 4 is 50.7 Å². The van der Waals surface area contributed by atoms with E-state index in [2.05, 4.69) is 5.32 Å². The molecule has 0 aliphatic heterocycles. The van der Waals surface area contributed by atoms with Gasteiger partial charge < -0.3 is 10.2 Å². The molecule has 1 fully saturated rings. The summed E-state index contributed by atoms with van der Waals surface area (Å²) in [6.07, 6.45) is 5.35. The maximum absolute atomic E-state index is 13.9. The zero-order valence-electron chi connectivity index (χ0n) is 24.0. The van der Waals surface area contributed by atoms with Gasteiger partial charge in [-0.05, 0) is 60.7 Å². The van der Waals surface area contributed by atoms with Gasteiger partial charge >= 0.3 is 0 Å². The van der Waals surface area contributed by atoms with Crippen molar-refractivity contribution in [3.05, 3.63) is 99.8 Å². The maximum atomic E-state index is 13.9. The van der Waals surface area contributed by atoms with Crippen LogP contribution >= 0.6 is 23.2 Å². The fourth-order valence-electron chi connectivity index (χ4n) is 5.37. The summed E-state index contributed by atoms with van der Waals surface area (Å²) < 4.78 is 40.2. The van der Waals surface area contributed by atoms with Gasteiger partial charge in [0.05, 0.1) is 17.0 Å². The Kier molecular flexibility index (Phi) is 11.5. The summed E-state index contributed by atoms with van der Waals surface area (Å²) in [7, 11) is -3.75. The molecule has 0 heterocycles. The Balaban J connectivity index is 1.59. The van der Waals surface area contributed by atoms with Crippen LogP contribution in [0.2, 0.25) is 10.0 Å². The Morgan fingerprint density at radius 3 is 2.30 bits per heavy atom. The van der Waals surface area contributed by atoms with Gasteiger partial charge in [-0.1, -0.05) is 78.5 Å². The van der Waals surface area contributed by atoms with Gasteiger partial charge in [0.25, 0.3) is 0 Å². The lowest BCUT2D eigenvalue weighted by Crippen LogP contribution is -2.52. The van der Waals surface area contributed by atoms with Crippen molar-refractivity contribution < 1.29 is 22.4 Å². The Morgan fingerprint density at radius 2 is 1.65 bits per heavy atom. The van der Waals surface area contributed by atoms with Crippen LogP contribution in [0.4, 0.5) is 10.1 Å². The highest BCUT2D eigenvalue weighted by molar-refractivity contribution is 7.92. The van der Waals surface area contributed by atoms with Crippen LogP contribution in [0, 0.1) is 5.82 Å². The minimum absolute atomic E-state index is 0.0212. The number of halogens is 3. The van der Waals surface area contributed by atoms with Gasteiger partial charge in [-0.3, -0.25) is 13.9 Å². The number of carbonyl (C=O) groups is 2. The molecule has 0 radical (unpaired) electrons. The van der Waals surface area contributed by atoms with E-state index in [9.17, 15) is 22.4 Å². The van der Waals surface area contributed by atoms with Crippen molar-refractivity contribution in [3.63, 3.8) is 0 Å². The van der Waals surface area contributed by atoms with Gasteiger partial charge in [-0.25, -0.2) is 12.8 Å². The molecular formula is C32H36Cl2FN3O4S. The second kappa shape index (κ2) is 15.0. The summed E-state index contributed by atoms with van der Waals surface area (Å²) in [4.78, 5) is 29.2. The first-order chi connectivity index (χ1) is 20.5. The van der Waals surface area contributed by atoms with Crippen LogP contribution in [0.3, 0.4) is 0 Å². The van der Waals surface area contributed by atoms with E-state index in [1.165, 1.54) is 29.2 Å². The number of benzene rings is 3. The quantitative estimate of drug-likeness (QED) is 0.233. The van der Waals surface area contributed by atoms with Crippen LogP contribution in [0.1, 0.15) is 49.7 Å². The molecule has 43 heavy (non-hydrogen) atoms. The topological polar surface area (TPSA) is 86.8 Å². The highest BCUT2D eigenvalue weighted by Gasteiger charge is 2.32. The van der Waals surface area contributed by atoms with Gasteiger partial charge in [0.2, 0.25) is 21.8 Å². The van der Waals surface area contributed by atoms with E-state index in [0.717, 1.165) is 41.8 Å². The Morgan fingerprint density at radius 1 is 0.977 bits per heavy atom. The van der Waals surface area contributed by atoms with E-state index < -0.39 is 21.9 Å². The van der Waals surface area contributed by atoms with Crippen molar-refractivity contribution in [2.45, 2.75) is 63.6 Å². The van der Waals surface area contributed by atoms with Gasteiger partial charge in [-0.2, -0.15) is 0 Å². The minimum atomic E-state index is -3.75. The molecule has 0 unspecified atom stereocenters. The minimum Gasteiger partial charge on any atom is -0.352 e. The molecule has 11 heteroatoms. The number of nitrogens with zero attached hydrogens (tertiary/aromatic N) is 2. The molecule has 1 atom stereocenters. The predicted molar refractivity (Wildman–Crippen MR) is 169 cm³/mol. The zero-order chi connectivity index (χ0) is 31.0. The molecule has 0 aromatic heterocycles. The van der Waals surface area contributed by atoms with Crippen LogP contribution in [0.25, 0.3) is 0 Å². The van der Waals surface area contributed by atoms with E-state index in [4.69, 9.17) is 23.2 Å². The van der Waals surface area contributed by atoms with E-state index in [1.807, 2.05) is 30.3 Å². The van der Waals surface area contributed by atoms with Crippen LogP contribution in [0.15, 0.2) is 72.8 Å². The zero-order valence-corrected chi connectivity index (χ0v) is 26.3. The smallest absolute Gasteiger partial charge is 0.243 e. The molecule has 4 rings (SSSR count). The SMILES string of the molecule is CS(=O)(=O)N(CCCC(=O)N(Cc1ccc(F)cc1)[C@H](Cc1ccccc1)C(=O)NC1CCCC1)c1cc(Cl)ccc1Cl. The molecule has 7 nitrogen and oxygen atoms in total. The van der Waals surface area contributed by atoms with Crippen molar-refractivity contribution in [1.82, 2.24) is 10.2 Å². The number of amides is 2. The fourth-order valence-corrected chi connectivity index (χ4v) is 6.77. The number of sulfonamides is 1. The highest BCUT2D eigenvalue weighted by atomic mass is 35.5. The first kappa shape index (κ1) is 32.8. The van der Waals surface area contributed by atoms with Crippen LogP contribution in [-0.4, -0.2) is 50.0 Å². The van der Waals surface area contributed by atoms with Gasteiger partial charge in [0.15, 0.2) is 0 Å². The normalized spacial score (nSPS) is 14.3. The Hall–Kier alpha value is -3.14. The molecule has 1 aliphatic carbocycles. The lowest BCUT2D eigenvalue weighted by molar-refractivity contribution is -0.141. The Labute approximate surface area is 263 Å². The predicted octanol–water partition coefficient (Wildman–Crippen LogP) is 6.38. The lowest BCUT2D eigenvalue weighted by atomic mass is 10.0. The monoisotopic (exact) mass is 647 g/mol. The molecule has 0 saturated heterocycles. The second-order valence-corrected chi connectivity index (χ2v) is 13.6. The molecule has 1 aliphatic rings. The molecule has 1 N–H and O–H groups in total. The number of carbonyl (C=O) groups excluding carboxylic acids is 2. The molecule has 3 aromatic rings. The molecular weight excluding hydrogens is 612 g/mol. The summed E-state index contributed by atoms with van der Waals surface area (Å²) in [6, 6.07) is 19.1. The van der Waals surface area contributed by atoms with Crippen molar-refractivity contribution in [2.75, 3.05) is 17.1 Å². The fraction of sp³-hybridized carbons (Fsp3) is 0.375. The number of nitrogens with one attached hydrogen (secondary N) is 1. The molecule has 3 aromatic carbocycles. The average Bonchev–Trinajstić information content (AvgIpc) is 3.48. The van der Waals surface area contributed by atoms with E-state index in [0.29, 0.717) is 17.0 Å². The van der Waals surface area contributed by atoms with Crippen LogP contribution in [-0.2, 0) is 32.6 Å². The summed E-state index contributed by atoms with van der Waals surface area (Å²) in [6.45, 7) is 0.0667. The standard InChI is InChI=1S/C32H36Cl2FN3O4S/c1-43(41,42)38(29-21-25(33)15-18-28(29)34)19-7-12-31(39)37(22-24-13-16-26(35)17-14-24)30(20-23-8-3-2-4-9-23)32(40)36-27-10-5-6-11-27/h2-4,8-9,13-18,21,27,30H,5-7,10-12,19-20,22H2,1H3,(H,36,40)/t30-/m1/s1. The molecule has 0 spiro atoms. The summed E-state index contributed by atoms with van der Waals surface area (Å²) in [5, 5.41) is 3.69. The van der Waals surface area contributed by atoms with Crippen molar-refractivity contribution in [2.24, 2.45) is 0 Å². The lowest BCUT2D eigenvalue weighted by Gasteiger charge is -2.33. The highest BCUT2D eigenvalue weighted by Crippen LogP contribution is 2.31. The van der Waals surface area contributed by atoms with Gasteiger partial charge in [0, 0.05) is 37.0 Å². The molecule has 230 valence electrons. The maximum Gasteiger partial charge on any atom is 0.243 e. The Bertz CT molecular complexity index is 1500. The molecule has 2 amide bonds. The summed E-state index contributed by atoms with van der Waals surface area (Å²) in [5.41, 5.74) is 1.79. The third-order valence-corrected chi connectivity index (χ3v) is 9.30. The number of anilines is 1. The number of rotatable bonds is 13. The van der Waals surface area contributed by atoms with E-state index in [-0.39, 0.29) is 54.5 Å². The van der Waals surface area contributed by atoms with E-state index in [1.54, 1.807) is 18.2 Å². The van der Waals surface area contributed by atoms with Crippen molar-refractivity contribution in [1.29, 1.82) is 0 Å². The van der Waals surface area contributed by atoms with Crippen molar-refractivity contribution in [3.8, 4) is 0 Å². The van der Waals surface area contributed by atoms with Gasteiger partial charge in [0.1, 0.15) is 11.9 Å². The van der Waals surface area contributed by atoms with Crippen LogP contribution < -0.4 is 9.62 Å². The third-order valence-electron chi connectivity index (χ3n) is 7.57. The first-order valence-electron chi connectivity index (χ1n) is 14.3. The van der Waals surface area contributed by atoms with E-state index >= 15 is 0 Å². The molecule has 0 bridgehead atoms. The first-order valence-corrected chi connectivity index (χ1v) is 16.9. The van der Waals surface area contributed by atoms with Crippen LogP contribution in [0.5, 0.6) is 0 Å². The third kappa shape index (κ3) is 9.42. The van der Waals surface area contributed by atoms with Gasteiger partial charge in [-0.15, -0.1) is 0 Å².